The molecule has 1 rings (SSSR count). The number of ether oxygens (including phenoxy) is 1. The van der Waals surface area contributed by atoms with Crippen LogP contribution in [0.25, 0.3) is 0 Å². The van der Waals surface area contributed by atoms with Crippen LogP contribution in [-0.4, -0.2) is 79.8 Å². The summed E-state index contributed by atoms with van der Waals surface area (Å²) in [7, 11) is -3.22. The van der Waals surface area contributed by atoms with E-state index in [9.17, 15) is 18.0 Å². The Hall–Kier alpha value is -1.19. The number of sulfonamides is 1. The molecule has 8 nitrogen and oxygen atoms in total. The number of piperazine rings is 1. The Bertz CT molecular complexity index is 442. The maximum atomic E-state index is 11.8. The van der Waals surface area contributed by atoms with Crippen LogP contribution in [0.3, 0.4) is 0 Å². The van der Waals surface area contributed by atoms with Gasteiger partial charge in [0.15, 0.2) is 0 Å². The van der Waals surface area contributed by atoms with E-state index >= 15 is 0 Å². The summed E-state index contributed by atoms with van der Waals surface area (Å²) in [5.41, 5.74) is 0. The number of aliphatic carboxylic acids is 1. The average molecular weight is 308 g/mol. The van der Waals surface area contributed by atoms with Gasteiger partial charge >= 0.3 is 5.97 Å². The van der Waals surface area contributed by atoms with Gasteiger partial charge in [0, 0.05) is 26.2 Å². The fourth-order valence-electron chi connectivity index (χ4n) is 1.92. The second kappa shape index (κ2) is 7.55. The summed E-state index contributed by atoms with van der Waals surface area (Å²) in [6.07, 6.45) is 0.560. The molecule has 0 unspecified atom stereocenters. The summed E-state index contributed by atoms with van der Waals surface area (Å²) in [4.78, 5) is 23.4. The molecule has 116 valence electrons. The number of carboxylic acids is 1. The highest BCUT2D eigenvalue weighted by molar-refractivity contribution is 7.89. The Morgan fingerprint density at radius 1 is 1.15 bits per heavy atom. The van der Waals surface area contributed by atoms with Crippen LogP contribution >= 0.6 is 0 Å². The number of nitrogens with zero attached hydrogens (tertiary/aromatic N) is 2. The van der Waals surface area contributed by atoms with Gasteiger partial charge < -0.3 is 14.7 Å². The fraction of sp³-hybridized carbons (Fsp3) is 0.818. The molecular formula is C11H20N2O6S. The van der Waals surface area contributed by atoms with E-state index in [1.54, 1.807) is 6.92 Å². The first-order valence-corrected chi connectivity index (χ1v) is 8.03. The van der Waals surface area contributed by atoms with Gasteiger partial charge in [-0.2, -0.15) is 4.31 Å². The van der Waals surface area contributed by atoms with Crippen LogP contribution in [0, 0.1) is 0 Å². The van der Waals surface area contributed by atoms with Gasteiger partial charge in [-0.25, -0.2) is 13.2 Å². The zero-order chi connectivity index (χ0) is 15.2. The molecule has 0 radical (unpaired) electrons. The van der Waals surface area contributed by atoms with Crippen molar-refractivity contribution in [2.45, 2.75) is 13.3 Å². The lowest BCUT2D eigenvalue weighted by Crippen LogP contribution is -2.51. The van der Waals surface area contributed by atoms with Crippen LogP contribution in [0.1, 0.15) is 13.3 Å². The first kappa shape index (κ1) is 16.9. The van der Waals surface area contributed by atoms with Gasteiger partial charge in [0.25, 0.3) is 0 Å². The third-order valence-corrected chi connectivity index (χ3v) is 4.97. The highest BCUT2D eigenvalue weighted by Crippen LogP contribution is 2.09. The topological polar surface area (TPSA) is 104 Å². The minimum atomic E-state index is -3.22. The van der Waals surface area contributed by atoms with Crippen molar-refractivity contribution in [3.63, 3.8) is 0 Å². The van der Waals surface area contributed by atoms with E-state index in [0.29, 0.717) is 19.5 Å². The lowest BCUT2D eigenvalue weighted by Gasteiger charge is -2.33. The summed E-state index contributed by atoms with van der Waals surface area (Å²) >= 11 is 0. The molecule has 1 heterocycles. The van der Waals surface area contributed by atoms with Gasteiger partial charge in [-0.3, -0.25) is 4.79 Å². The van der Waals surface area contributed by atoms with E-state index in [1.807, 2.05) is 0 Å². The quantitative estimate of drug-likeness (QED) is 0.645. The maximum Gasteiger partial charge on any atom is 0.329 e. The molecule has 0 atom stereocenters. The summed E-state index contributed by atoms with van der Waals surface area (Å²) < 4.78 is 29.8. The number of hydrogen-bond acceptors (Lipinski definition) is 5. The van der Waals surface area contributed by atoms with Crippen molar-refractivity contribution in [2.24, 2.45) is 0 Å². The lowest BCUT2D eigenvalue weighted by atomic mass is 10.3. The van der Waals surface area contributed by atoms with Crippen LogP contribution in [0.2, 0.25) is 0 Å². The minimum Gasteiger partial charge on any atom is -0.480 e. The highest BCUT2D eigenvalue weighted by Gasteiger charge is 2.28. The van der Waals surface area contributed by atoms with E-state index < -0.39 is 22.6 Å². The highest BCUT2D eigenvalue weighted by atomic mass is 32.2. The lowest BCUT2D eigenvalue weighted by molar-refractivity contribution is -0.146. The average Bonchev–Trinajstić information content (AvgIpc) is 2.38. The van der Waals surface area contributed by atoms with Crippen LogP contribution in [-0.2, 0) is 24.3 Å². The maximum absolute atomic E-state index is 11.8. The molecule has 20 heavy (non-hydrogen) atoms. The molecule has 0 aliphatic carbocycles. The smallest absolute Gasteiger partial charge is 0.329 e. The van der Waals surface area contributed by atoms with Crippen molar-refractivity contribution < 1.29 is 27.9 Å². The number of hydrogen-bond donors (Lipinski definition) is 1. The summed E-state index contributed by atoms with van der Waals surface area (Å²) in [5, 5.41) is 8.39. The van der Waals surface area contributed by atoms with E-state index in [-0.39, 0.29) is 31.4 Å². The van der Waals surface area contributed by atoms with E-state index in [1.165, 1.54) is 9.21 Å². The van der Waals surface area contributed by atoms with Crippen molar-refractivity contribution in [1.29, 1.82) is 0 Å². The number of carboxylic acid groups (broad SMARTS) is 1. The van der Waals surface area contributed by atoms with Crippen LogP contribution in [0.4, 0.5) is 0 Å². The second-order valence-corrected chi connectivity index (χ2v) is 6.57. The fourth-order valence-corrected chi connectivity index (χ4v) is 3.41. The van der Waals surface area contributed by atoms with Crippen LogP contribution in [0.15, 0.2) is 0 Å². The Morgan fingerprint density at radius 3 is 2.25 bits per heavy atom. The molecule has 0 aromatic rings. The third-order valence-electron chi connectivity index (χ3n) is 2.90. The SMILES string of the molecule is CCCS(=O)(=O)N1CCN(C(=O)COCC(=O)O)CC1. The Kier molecular flexibility index (Phi) is 6.37. The number of amides is 1. The van der Waals surface area contributed by atoms with Crippen LogP contribution in [0.5, 0.6) is 0 Å². The van der Waals surface area contributed by atoms with Crippen molar-refractivity contribution >= 4 is 21.9 Å². The zero-order valence-electron chi connectivity index (χ0n) is 11.4. The predicted molar refractivity (Wildman–Crippen MR) is 70.7 cm³/mol. The first-order chi connectivity index (χ1) is 9.36. The molecule has 1 aliphatic heterocycles. The number of carbonyl (C=O) groups excluding carboxylic acids is 1. The molecule has 0 aromatic carbocycles. The van der Waals surface area contributed by atoms with Gasteiger partial charge in [0.1, 0.15) is 13.2 Å². The van der Waals surface area contributed by atoms with Crippen LogP contribution < -0.4 is 0 Å². The van der Waals surface area contributed by atoms with Gasteiger partial charge in [0.05, 0.1) is 5.75 Å². The molecule has 1 N–H and O–H groups in total. The Balaban J connectivity index is 2.38. The number of carbonyl (C=O) groups is 2. The molecule has 1 fully saturated rings. The standard InChI is InChI=1S/C11H20N2O6S/c1-2-7-20(17,18)13-5-3-12(4-6-13)10(14)8-19-9-11(15)16/h2-9H2,1H3,(H,15,16). The summed E-state index contributed by atoms with van der Waals surface area (Å²) in [5.74, 6) is -1.34. The molecule has 1 saturated heterocycles. The van der Waals surface area contributed by atoms with Crippen molar-refractivity contribution in [3.8, 4) is 0 Å². The predicted octanol–water partition coefficient (Wildman–Crippen LogP) is -1.03. The second-order valence-electron chi connectivity index (χ2n) is 4.48. The molecule has 1 amide bonds. The minimum absolute atomic E-state index is 0.114. The Morgan fingerprint density at radius 2 is 1.75 bits per heavy atom. The van der Waals surface area contributed by atoms with E-state index in [2.05, 4.69) is 0 Å². The molecule has 0 spiro atoms. The molecule has 0 aromatic heterocycles. The van der Waals surface area contributed by atoms with Crippen molar-refractivity contribution in [3.05, 3.63) is 0 Å². The van der Waals surface area contributed by atoms with Crippen molar-refractivity contribution in [1.82, 2.24) is 9.21 Å². The molecule has 0 bridgehead atoms. The van der Waals surface area contributed by atoms with E-state index in [4.69, 9.17) is 9.84 Å². The monoisotopic (exact) mass is 308 g/mol. The van der Waals surface area contributed by atoms with E-state index in [0.717, 1.165) is 0 Å². The normalized spacial score (nSPS) is 17.1. The molecule has 1 aliphatic rings. The summed E-state index contributed by atoms with van der Waals surface area (Å²) in [6, 6.07) is 0. The molecule has 0 saturated carbocycles. The molecule has 9 heteroatoms. The largest absolute Gasteiger partial charge is 0.480 e. The van der Waals surface area contributed by atoms with Gasteiger partial charge in [-0.1, -0.05) is 6.92 Å². The van der Waals surface area contributed by atoms with Crippen molar-refractivity contribution in [2.75, 3.05) is 45.1 Å². The van der Waals surface area contributed by atoms with Gasteiger partial charge in [-0.05, 0) is 6.42 Å². The Labute approximate surface area is 118 Å². The first-order valence-electron chi connectivity index (χ1n) is 6.42. The van der Waals surface area contributed by atoms with Gasteiger partial charge in [-0.15, -0.1) is 0 Å². The third kappa shape index (κ3) is 5.06. The molecular weight excluding hydrogens is 288 g/mol. The van der Waals surface area contributed by atoms with Gasteiger partial charge in [0.2, 0.25) is 15.9 Å². The number of rotatable bonds is 7. The zero-order valence-corrected chi connectivity index (χ0v) is 12.3. The summed E-state index contributed by atoms with van der Waals surface area (Å²) in [6.45, 7) is 2.14.